The maximum absolute atomic E-state index is 12.5. The fraction of sp³-hybridized carbons (Fsp3) is 0.222. The normalized spacial score (nSPS) is 11.6. The number of carboxylic acid groups (broad SMARTS) is 1. The molecule has 0 aliphatic carbocycles. The number of carbonyl (C=O) groups is 3. The lowest BCUT2D eigenvalue weighted by Crippen LogP contribution is -2.40. The summed E-state index contributed by atoms with van der Waals surface area (Å²) in [5.41, 5.74) is 2.49. The van der Waals surface area contributed by atoms with Crippen LogP contribution in [0.5, 0.6) is 0 Å². The average molecular weight is 489 g/mol. The Morgan fingerprint density at radius 3 is 2.06 bits per heavy atom. The molecule has 0 unspecified atom stereocenters. The molecule has 0 radical (unpaired) electrons. The lowest BCUT2D eigenvalue weighted by Gasteiger charge is -2.14. The van der Waals surface area contributed by atoms with Crippen LogP contribution in [0.2, 0.25) is 0 Å². The summed E-state index contributed by atoms with van der Waals surface area (Å²) in [5.74, 6) is -1.61. The van der Waals surface area contributed by atoms with E-state index < -0.39 is 24.0 Å². The Labute approximate surface area is 209 Å². The van der Waals surface area contributed by atoms with E-state index in [9.17, 15) is 19.5 Å². The number of hydrogen-bond acceptors (Lipinski definition) is 6. The van der Waals surface area contributed by atoms with Gasteiger partial charge in [-0.1, -0.05) is 48.5 Å². The Bertz CT molecular complexity index is 1150. The first kappa shape index (κ1) is 26.1. The van der Waals surface area contributed by atoms with Gasteiger partial charge in [0.15, 0.2) is 0 Å². The maximum atomic E-state index is 12.5. The number of nitrogens with one attached hydrogen (secondary N) is 2. The zero-order valence-electron chi connectivity index (χ0n) is 19.7. The molecular weight excluding hydrogens is 460 g/mol. The number of carbonyl (C=O) groups excluding carboxylic acids is 2. The SMILES string of the molecule is O=C(NCCCC[C@H](NC(=O)c1ccc(N=Nc2ccccc2)cc1)C(=O)O)OCc1ccccc1. The van der Waals surface area contributed by atoms with E-state index in [2.05, 4.69) is 20.9 Å². The number of ether oxygens (including phenoxy) is 1. The smallest absolute Gasteiger partial charge is 0.407 e. The molecule has 9 nitrogen and oxygen atoms in total. The van der Waals surface area contributed by atoms with E-state index in [0.717, 1.165) is 5.56 Å². The number of rotatable bonds is 12. The number of nitrogens with zero attached hydrogens (tertiary/aromatic N) is 2. The molecule has 3 rings (SSSR count). The lowest BCUT2D eigenvalue weighted by atomic mass is 10.1. The van der Waals surface area contributed by atoms with E-state index in [1.165, 1.54) is 0 Å². The number of hydrogen-bond donors (Lipinski definition) is 3. The third-order valence-corrected chi connectivity index (χ3v) is 5.17. The molecule has 0 saturated heterocycles. The van der Waals surface area contributed by atoms with Gasteiger partial charge in [-0.05, 0) is 61.2 Å². The largest absolute Gasteiger partial charge is 0.480 e. The molecule has 0 fully saturated rings. The van der Waals surface area contributed by atoms with Crippen LogP contribution >= 0.6 is 0 Å². The highest BCUT2D eigenvalue weighted by Crippen LogP contribution is 2.18. The number of aliphatic carboxylic acids is 1. The highest BCUT2D eigenvalue weighted by atomic mass is 16.5. The summed E-state index contributed by atoms with van der Waals surface area (Å²) in [6, 6.07) is 24.0. The van der Waals surface area contributed by atoms with E-state index in [0.29, 0.717) is 36.3 Å². The second-order valence-corrected chi connectivity index (χ2v) is 7.93. The topological polar surface area (TPSA) is 129 Å². The minimum absolute atomic E-state index is 0.177. The van der Waals surface area contributed by atoms with Gasteiger partial charge in [0.2, 0.25) is 0 Å². The molecule has 186 valence electrons. The van der Waals surface area contributed by atoms with Crippen molar-refractivity contribution in [3.8, 4) is 0 Å². The summed E-state index contributed by atoms with van der Waals surface area (Å²) in [7, 11) is 0. The summed E-state index contributed by atoms with van der Waals surface area (Å²) >= 11 is 0. The van der Waals surface area contributed by atoms with Gasteiger partial charge in [0.25, 0.3) is 5.91 Å². The first-order valence-corrected chi connectivity index (χ1v) is 11.6. The van der Waals surface area contributed by atoms with E-state index in [1.807, 2.05) is 60.7 Å². The van der Waals surface area contributed by atoms with Crippen molar-refractivity contribution in [1.29, 1.82) is 0 Å². The number of unbranched alkanes of at least 4 members (excludes halogenated alkanes) is 1. The molecule has 0 bridgehead atoms. The molecule has 0 aliphatic rings. The number of azo groups is 1. The second-order valence-electron chi connectivity index (χ2n) is 7.93. The van der Waals surface area contributed by atoms with Crippen LogP contribution in [-0.2, 0) is 16.1 Å². The molecule has 0 heterocycles. The average Bonchev–Trinajstić information content (AvgIpc) is 2.91. The molecule has 0 saturated carbocycles. The number of benzene rings is 3. The van der Waals surface area contributed by atoms with Gasteiger partial charge in [-0.2, -0.15) is 10.2 Å². The van der Waals surface area contributed by atoms with E-state index in [4.69, 9.17) is 4.74 Å². The quantitative estimate of drug-likeness (QED) is 0.233. The molecule has 36 heavy (non-hydrogen) atoms. The molecule has 1 atom stereocenters. The van der Waals surface area contributed by atoms with Crippen LogP contribution in [0.15, 0.2) is 95.2 Å². The van der Waals surface area contributed by atoms with Crippen molar-refractivity contribution in [3.63, 3.8) is 0 Å². The maximum Gasteiger partial charge on any atom is 0.407 e. The third-order valence-electron chi connectivity index (χ3n) is 5.17. The van der Waals surface area contributed by atoms with Crippen molar-refractivity contribution < 1.29 is 24.2 Å². The highest BCUT2D eigenvalue weighted by Gasteiger charge is 2.20. The van der Waals surface area contributed by atoms with Crippen LogP contribution in [0, 0.1) is 0 Å². The first-order chi connectivity index (χ1) is 17.5. The van der Waals surface area contributed by atoms with Gasteiger partial charge in [-0.15, -0.1) is 0 Å². The molecule has 0 aromatic heterocycles. The van der Waals surface area contributed by atoms with Gasteiger partial charge in [-0.3, -0.25) is 4.79 Å². The van der Waals surface area contributed by atoms with Crippen molar-refractivity contribution in [3.05, 3.63) is 96.1 Å². The van der Waals surface area contributed by atoms with Gasteiger partial charge < -0.3 is 20.5 Å². The fourth-order valence-electron chi connectivity index (χ4n) is 3.23. The highest BCUT2D eigenvalue weighted by molar-refractivity contribution is 5.96. The van der Waals surface area contributed by atoms with Crippen LogP contribution < -0.4 is 10.6 Å². The van der Waals surface area contributed by atoms with Gasteiger partial charge in [0.1, 0.15) is 12.6 Å². The minimum Gasteiger partial charge on any atom is -0.480 e. The summed E-state index contributed by atoms with van der Waals surface area (Å²) in [4.78, 5) is 35.9. The van der Waals surface area contributed by atoms with Crippen LogP contribution in [-0.4, -0.2) is 35.7 Å². The van der Waals surface area contributed by atoms with Crippen molar-refractivity contribution in [1.82, 2.24) is 10.6 Å². The molecule has 0 spiro atoms. The summed E-state index contributed by atoms with van der Waals surface area (Å²) < 4.78 is 5.13. The molecular formula is C27H28N4O5. The first-order valence-electron chi connectivity index (χ1n) is 11.6. The zero-order chi connectivity index (χ0) is 25.6. The van der Waals surface area contributed by atoms with Crippen molar-refractivity contribution >= 4 is 29.3 Å². The van der Waals surface area contributed by atoms with Crippen molar-refractivity contribution in [2.24, 2.45) is 10.2 Å². The second kappa shape index (κ2) is 14.0. The van der Waals surface area contributed by atoms with Gasteiger partial charge >= 0.3 is 12.1 Å². The standard InChI is InChI=1S/C27H28N4O5/c32-25(21-14-16-23(17-15-21)31-30-22-11-5-2-6-12-22)29-24(26(33)34)13-7-8-18-28-27(35)36-19-20-9-3-1-4-10-20/h1-6,9-12,14-17,24H,7-8,13,18-19H2,(H,28,35)(H,29,32)(H,33,34)/t24-/m0/s1. The predicted octanol–water partition coefficient (Wildman–Crippen LogP) is 5.38. The predicted molar refractivity (Wildman–Crippen MR) is 134 cm³/mol. The van der Waals surface area contributed by atoms with Crippen LogP contribution in [0.4, 0.5) is 16.2 Å². The summed E-state index contributed by atoms with van der Waals surface area (Å²) in [6.45, 7) is 0.517. The van der Waals surface area contributed by atoms with Crippen LogP contribution in [0.25, 0.3) is 0 Å². The van der Waals surface area contributed by atoms with Crippen molar-refractivity contribution in [2.45, 2.75) is 31.9 Å². The third kappa shape index (κ3) is 9.02. The Hall–Kier alpha value is -4.53. The van der Waals surface area contributed by atoms with Crippen LogP contribution in [0.1, 0.15) is 35.2 Å². The minimum atomic E-state index is -1.12. The molecule has 3 aromatic carbocycles. The Kier molecular flexibility index (Phi) is 10.1. The summed E-state index contributed by atoms with van der Waals surface area (Å²) in [5, 5.41) is 22.9. The molecule has 0 aliphatic heterocycles. The molecule has 9 heteroatoms. The molecule has 3 aromatic rings. The molecule has 3 N–H and O–H groups in total. The fourth-order valence-corrected chi connectivity index (χ4v) is 3.23. The number of amides is 2. The van der Waals surface area contributed by atoms with E-state index in [-0.39, 0.29) is 13.0 Å². The lowest BCUT2D eigenvalue weighted by molar-refractivity contribution is -0.139. The summed E-state index contributed by atoms with van der Waals surface area (Å²) in [6.07, 6.45) is 0.732. The number of alkyl carbamates (subject to hydrolysis) is 1. The Morgan fingerprint density at radius 2 is 1.42 bits per heavy atom. The number of carboxylic acids is 1. The van der Waals surface area contributed by atoms with Crippen molar-refractivity contribution in [2.75, 3.05) is 6.54 Å². The molecule has 2 amide bonds. The monoisotopic (exact) mass is 488 g/mol. The van der Waals surface area contributed by atoms with Gasteiger partial charge in [0.05, 0.1) is 11.4 Å². The Morgan fingerprint density at radius 1 is 0.806 bits per heavy atom. The van der Waals surface area contributed by atoms with Crippen LogP contribution in [0.3, 0.4) is 0 Å². The van der Waals surface area contributed by atoms with E-state index in [1.54, 1.807) is 24.3 Å². The Balaban J connectivity index is 1.38. The zero-order valence-corrected chi connectivity index (χ0v) is 19.7. The van der Waals surface area contributed by atoms with E-state index >= 15 is 0 Å². The van der Waals surface area contributed by atoms with Gasteiger partial charge in [-0.25, -0.2) is 9.59 Å². The van der Waals surface area contributed by atoms with Gasteiger partial charge in [0, 0.05) is 12.1 Å².